The summed E-state index contributed by atoms with van der Waals surface area (Å²) in [7, 11) is 0. The minimum Gasteiger partial charge on any atom is -0.482 e. The van der Waals surface area contributed by atoms with Crippen LogP contribution in [-0.4, -0.2) is 23.7 Å². The van der Waals surface area contributed by atoms with Crippen molar-refractivity contribution in [1.29, 1.82) is 0 Å². The van der Waals surface area contributed by atoms with Crippen LogP contribution in [0.3, 0.4) is 0 Å². The van der Waals surface area contributed by atoms with E-state index in [-0.39, 0.29) is 24.3 Å². The van der Waals surface area contributed by atoms with Crippen LogP contribution >= 0.6 is 23.2 Å². The number of carbonyl (C=O) groups excluding carboxylic acids is 1. The van der Waals surface area contributed by atoms with Gasteiger partial charge in [0.2, 0.25) is 5.91 Å². The first-order valence-corrected chi connectivity index (χ1v) is 9.86. The molecule has 1 amide bonds. The van der Waals surface area contributed by atoms with E-state index in [0.717, 1.165) is 0 Å². The van der Waals surface area contributed by atoms with E-state index < -0.39 is 18.7 Å². The number of oxazole rings is 1. The second-order valence-electron chi connectivity index (χ2n) is 6.69. The van der Waals surface area contributed by atoms with Gasteiger partial charge in [-0.2, -0.15) is 13.2 Å². The number of nitrogens with one attached hydrogen (secondary N) is 1. The zero-order valence-electron chi connectivity index (χ0n) is 16.2. The van der Waals surface area contributed by atoms with Crippen LogP contribution in [0.4, 0.5) is 18.9 Å². The Balaban J connectivity index is 1.62. The molecule has 10 heteroatoms. The third-order valence-corrected chi connectivity index (χ3v) is 4.67. The summed E-state index contributed by atoms with van der Waals surface area (Å²) in [6.07, 6.45) is -2.81. The number of nitrogens with zero attached hydrogens (tertiary/aromatic N) is 1. The van der Waals surface area contributed by atoms with Gasteiger partial charge in [-0.25, -0.2) is 4.98 Å². The molecule has 0 unspecified atom stereocenters. The highest BCUT2D eigenvalue weighted by atomic mass is 35.5. The summed E-state index contributed by atoms with van der Waals surface area (Å²) in [5, 5.41) is 3.45. The van der Waals surface area contributed by atoms with Crippen LogP contribution in [0.1, 0.15) is 17.9 Å². The van der Waals surface area contributed by atoms with Crippen LogP contribution in [0.2, 0.25) is 10.0 Å². The van der Waals surface area contributed by atoms with Gasteiger partial charge in [-0.15, -0.1) is 0 Å². The molecule has 3 rings (SSSR count). The number of aromatic nitrogens is 1. The van der Waals surface area contributed by atoms with Crippen molar-refractivity contribution in [2.45, 2.75) is 25.9 Å². The molecule has 0 saturated heterocycles. The molecular formula is C21H17Cl2F3N2O3. The molecule has 2 aromatic carbocycles. The van der Waals surface area contributed by atoms with Crippen molar-refractivity contribution in [2.75, 3.05) is 11.9 Å². The molecule has 0 aliphatic heterocycles. The van der Waals surface area contributed by atoms with Crippen molar-refractivity contribution in [3.8, 4) is 17.1 Å². The van der Waals surface area contributed by atoms with Gasteiger partial charge in [-0.05, 0) is 42.8 Å². The van der Waals surface area contributed by atoms with Gasteiger partial charge in [0.25, 0.3) is 0 Å². The van der Waals surface area contributed by atoms with Gasteiger partial charge in [0.05, 0.1) is 16.9 Å². The van der Waals surface area contributed by atoms with Crippen LogP contribution in [0, 0.1) is 6.92 Å². The second kappa shape index (κ2) is 9.62. The predicted octanol–water partition coefficient (Wildman–Crippen LogP) is 6.47. The van der Waals surface area contributed by atoms with E-state index in [1.54, 1.807) is 31.2 Å². The van der Waals surface area contributed by atoms with Gasteiger partial charge in [0, 0.05) is 23.4 Å². The molecule has 31 heavy (non-hydrogen) atoms. The minimum atomic E-state index is -4.49. The highest BCUT2D eigenvalue weighted by Crippen LogP contribution is 2.31. The van der Waals surface area contributed by atoms with E-state index in [9.17, 15) is 18.0 Å². The van der Waals surface area contributed by atoms with Crippen molar-refractivity contribution in [3.05, 3.63) is 64.1 Å². The van der Waals surface area contributed by atoms with E-state index in [2.05, 4.69) is 10.3 Å². The van der Waals surface area contributed by atoms with Gasteiger partial charge in [0.15, 0.2) is 18.3 Å². The van der Waals surface area contributed by atoms with Crippen molar-refractivity contribution in [3.63, 3.8) is 0 Å². The average molecular weight is 473 g/mol. The van der Waals surface area contributed by atoms with Crippen molar-refractivity contribution in [2.24, 2.45) is 0 Å². The molecule has 0 aliphatic rings. The summed E-state index contributed by atoms with van der Waals surface area (Å²) in [5.41, 5.74) is 1.46. The normalized spacial score (nSPS) is 11.4. The van der Waals surface area contributed by atoms with Crippen LogP contribution in [-0.2, 0) is 11.2 Å². The summed E-state index contributed by atoms with van der Waals surface area (Å²) >= 11 is 12.0. The molecule has 5 nitrogen and oxygen atoms in total. The van der Waals surface area contributed by atoms with Crippen LogP contribution in [0.15, 0.2) is 47.0 Å². The largest absolute Gasteiger partial charge is 0.482 e. The Morgan fingerprint density at radius 2 is 1.97 bits per heavy atom. The highest BCUT2D eigenvalue weighted by molar-refractivity contribution is 6.36. The summed E-state index contributed by atoms with van der Waals surface area (Å²) < 4.78 is 47.9. The number of benzene rings is 2. The number of carbonyl (C=O) groups is 1. The number of anilines is 1. The molecule has 1 N–H and O–H groups in total. The third kappa shape index (κ3) is 6.63. The Bertz CT molecular complexity index is 1080. The lowest BCUT2D eigenvalue weighted by Crippen LogP contribution is -2.20. The van der Waals surface area contributed by atoms with Gasteiger partial charge in [-0.1, -0.05) is 29.3 Å². The maximum atomic E-state index is 12.5. The first kappa shape index (κ1) is 23.0. The van der Waals surface area contributed by atoms with Crippen LogP contribution < -0.4 is 10.1 Å². The molecule has 0 spiro atoms. The summed E-state index contributed by atoms with van der Waals surface area (Å²) in [6, 6.07) is 9.52. The molecule has 164 valence electrons. The number of halogens is 5. The molecule has 1 aromatic heterocycles. The lowest BCUT2D eigenvalue weighted by Gasteiger charge is -2.14. The highest BCUT2D eigenvalue weighted by Gasteiger charge is 2.29. The fourth-order valence-electron chi connectivity index (χ4n) is 2.68. The van der Waals surface area contributed by atoms with Crippen molar-refractivity contribution < 1.29 is 27.1 Å². The molecule has 0 saturated carbocycles. The molecule has 3 aromatic rings. The monoisotopic (exact) mass is 472 g/mol. The molecule has 0 bridgehead atoms. The Morgan fingerprint density at radius 3 is 2.68 bits per heavy atom. The summed E-state index contributed by atoms with van der Waals surface area (Å²) in [4.78, 5) is 16.4. The fraction of sp³-hybridized carbons (Fsp3) is 0.238. The zero-order chi connectivity index (χ0) is 22.6. The van der Waals surface area contributed by atoms with E-state index in [0.29, 0.717) is 32.8 Å². The standard InChI is InChI=1S/C21H17Cl2F3N2O3/c1-12-2-5-16(17(8-12)30-11-21(24,25)26)28-19(29)6-7-20-27-10-18(31-20)14-4-3-13(22)9-15(14)23/h2-5,8-10H,6-7,11H2,1H3,(H,28,29). The minimum absolute atomic E-state index is 0.000884. The van der Waals surface area contributed by atoms with Gasteiger partial charge < -0.3 is 14.5 Å². The van der Waals surface area contributed by atoms with E-state index in [1.165, 1.54) is 18.3 Å². The number of hydrogen-bond donors (Lipinski definition) is 1. The van der Waals surface area contributed by atoms with Crippen LogP contribution in [0.25, 0.3) is 11.3 Å². The molecule has 0 fully saturated rings. The molecule has 0 aliphatic carbocycles. The molecular weight excluding hydrogens is 456 g/mol. The fourth-order valence-corrected chi connectivity index (χ4v) is 3.19. The van der Waals surface area contributed by atoms with E-state index >= 15 is 0 Å². The van der Waals surface area contributed by atoms with E-state index in [1.807, 2.05) is 0 Å². The smallest absolute Gasteiger partial charge is 0.422 e. The lowest BCUT2D eigenvalue weighted by molar-refractivity contribution is -0.153. The Morgan fingerprint density at radius 1 is 1.19 bits per heavy atom. The Hall–Kier alpha value is -2.71. The lowest BCUT2D eigenvalue weighted by atomic mass is 10.2. The summed E-state index contributed by atoms with van der Waals surface area (Å²) in [5.74, 6) is 0.263. The van der Waals surface area contributed by atoms with Crippen molar-refractivity contribution in [1.82, 2.24) is 4.98 Å². The Kier molecular flexibility index (Phi) is 7.12. The van der Waals surface area contributed by atoms with Gasteiger partial charge in [0.1, 0.15) is 5.75 Å². The average Bonchev–Trinajstić information content (AvgIpc) is 3.14. The van der Waals surface area contributed by atoms with Crippen LogP contribution in [0.5, 0.6) is 5.75 Å². The third-order valence-electron chi connectivity index (χ3n) is 4.12. The number of hydrogen-bond acceptors (Lipinski definition) is 4. The number of amides is 1. The number of rotatable bonds is 7. The molecule has 0 radical (unpaired) electrons. The maximum Gasteiger partial charge on any atom is 0.422 e. The Labute approximate surface area is 186 Å². The van der Waals surface area contributed by atoms with E-state index in [4.69, 9.17) is 32.4 Å². The first-order valence-electron chi connectivity index (χ1n) is 9.11. The van der Waals surface area contributed by atoms with Crippen molar-refractivity contribution >= 4 is 34.8 Å². The van der Waals surface area contributed by atoms with Gasteiger partial charge in [-0.3, -0.25) is 4.79 Å². The predicted molar refractivity (Wildman–Crippen MR) is 112 cm³/mol. The van der Waals surface area contributed by atoms with Gasteiger partial charge >= 0.3 is 6.18 Å². The first-order chi connectivity index (χ1) is 14.6. The SMILES string of the molecule is Cc1ccc(NC(=O)CCc2ncc(-c3ccc(Cl)cc3Cl)o2)c(OCC(F)(F)F)c1. The quantitative estimate of drug-likeness (QED) is 0.427. The number of aryl methyl sites for hydroxylation is 2. The number of alkyl halides is 3. The maximum absolute atomic E-state index is 12.5. The zero-order valence-corrected chi connectivity index (χ0v) is 17.7. The molecule has 1 heterocycles. The topological polar surface area (TPSA) is 64.4 Å². The molecule has 0 atom stereocenters. The number of ether oxygens (including phenoxy) is 1. The summed E-state index contributed by atoms with van der Waals surface area (Å²) in [6.45, 7) is 0.255. The second-order valence-corrected chi connectivity index (χ2v) is 7.54.